The van der Waals surface area contributed by atoms with E-state index in [-0.39, 0.29) is 0 Å². The molecule has 158 valence electrons. The summed E-state index contributed by atoms with van der Waals surface area (Å²) in [5.74, 6) is -1.90. The molecule has 3 aromatic rings. The molecule has 0 amide bonds. The molecule has 1 aromatic heterocycles. The van der Waals surface area contributed by atoms with E-state index in [1.807, 2.05) is 50.5 Å². The minimum absolute atomic E-state index is 0.660. The number of aromatic nitrogens is 2. The molecule has 2 aromatic carbocycles. The summed E-state index contributed by atoms with van der Waals surface area (Å²) < 4.78 is 8.80. The van der Waals surface area contributed by atoms with E-state index < -0.39 is 11.9 Å². The number of nitrogens with one attached hydrogen (secondary N) is 1. The lowest BCUT2D eigenvalue weighted by Crippen LogP contribution is -2.09. The molecule has 0 aliphatic heterocycles. The molecular weight excluding hydrogens is 454 g/mol. The summed E-state index contributed by atoms with van der Waals surface area (Å²) in [5.41, 5.74) is 3.33. The summed E-state index contributed by atoms with van der Waals surface area (Å²) in [4.78, 5) is 22.7. The van der Waals surface area contributed by atoms with Crippen LogP contribution in [-0.4, -0.2) is 38.3 Å². The van der Waals surface area contributed by atoms with E-state index >= 15 is 0 Å². The number of hydrogen-bond acceptors (Lipinski definition) is 5. The van der Waals surface area contributed by atoms with Crippen LogP contribution in [-0.2, 0) is 23.2 Å². The molecule has 8 nitrogen and oxygen atoms in total. The molecule has 0 saturated heterocycles. The lowest BCUT2D eigenvalue weighted by Gasteiger charge is -2.12. The Hall–Kier alpha value is -3.33. The van der Waals surface area contributed by atoms with Crippen LogP contribution in [0, 0.1) is 0 Å². The van der Waals surface area contributed by atoms with Crippen LogP contribution in [0.5, 0.6) is 5.75 Å². The fourth-order valence-corrected chi connectivity index (χ4v) is 2.85. The fourth-order valence-electron chi connectivity index (χ4n) is 2.58. The smallest absolute Gasteiger partial charge is 0.414 e. The Bertz CT molecular complexity index is 990. The second-order valence-corrected chi connectivity index (χ2v) is 6.95. The highest BCUT2D eigenvalue weighted by Gasteiger charge is 2.09. The molecule has 0 atom stereocenters. The number of nitrogens with zero attached hydrogens (tertiary/aromatic N) is 2. The van der Waals surface area contributed by atoms with Crippen LogP contribution in [0.4, 0.5) is 5.95 Å². The summed E-state index contributed by atoms with van der Waals surface area (Å²) in [6, 6.07) is 16.3. The van der Waals surface area contributed by atoms with Gasteiger partial charge in [-0.05, 0) is 30.7 Å². The predicted molar refractivity (Wildman–Crippen MR) is 117 cm³/mol. The van der Waals surface area contributed by atoms with Gasteiger partial charge < -0.3 is 24.8 Å². The number of rotatable bonds is 6. The Kier molecular flexibility index (Phi) is 8.42. The van der Waals surface area contributed by atoms with Crippen LogP contribution >= 0.6 is 15.9 Å². The summed E-state index contributed by atoms with van der Waals surface area (Å²) in [7, 11) is 2.02. The van der Waals surface area contributed by atoms with Crippen molar-refractivity contribution in [1.82, 2.24) is 9.55 Å². The van der Waals surface area contributed by atoms with Crippen molar-refractivity contribution in [2.45, 2.75) is 13.5 Å². The second kappa shape index (κ2) is 11.0. The maximum atomic E-state index is 9.10. The van der Waals surface area contributed by atoms with Gasteiger partial charge in [-0.15, -0.1) is 0 Å². The van der Waals surface area contributed by atoms with Gasteiger partial charge in [0.1, 0.15) is 5.75 Å². The molecule has 9 heteroatoms. The molecule has 0 spiro atoms. The SMILES string of the molecule is CCOc1ccccc1CNc1ncc(-c2ccc(Br)cc2)n1C.O=C(O)C(=O)O. The van der Waals surface area contributed by atoms with Gasteiger partial charge in [-0.1, -0.05) is 46.3 Å². The van der Waals surface area contributed by atoms with Crippen molar-refractivity contribution in [3.63, 3.8) is 0 Å². The van der Waals surface area contributed by atoms with Gasteiger partial charge in [-0.2, -0.15) is 0 Å². The van der Waals surface area contributed by atoms with E-state index in [1.165, 1.54) is 0 Å². The zero-order valence-electron chi connectivity index (χ0n) is 16.5. The first-order valence-electron chi connectivity index (χ1n) is 9.02. The summed E-state index contributed by atoms with van der Waals surface area (Å²) in [6.45, 7) is 3.32. The first kappa shape index (κ1) is 23.0. The van der Waals surface area contributed by atoms with E-state index in [0.29, 0.717) is 13.2 Å². The first-order chi connectivity index (χ1) is 14.3. The van der Waals surface area contributed by atoms with Crippen molar-refractivity contribution in [1.29, 1.82) is 0 Å². The normalized spacial score (nSPS) is 9.97. The quantitative estimate of drug-likeness (QED) is 0.461. The van der Waals surface area contributed by atoms with Crippen molar-refractivity contribution in [2.75, 3.05) is 11.9 Å². The first-order valence-corrected chi connectivity index (χ1v) is 9.81. The van der Waals surface area contributed by atoms with E-state index in [0.717, 1.165) is 33.0 Å². The number of benzene rings is 2. The van der Waals surface area contributed by atoms with E-state index in [4.69, 9.17) is 24.5 Å². The summed E-state index contributed by atoms with van der Waals surface area (Å²) in [5, 5.41) is 18.2. The third-order valence-electron chi connectivity index (χ3n) is 4.02. The van der Waals surface area contributed by atoms with Gasteiger partial charge in [0.15, 0.2) is 0 Å². The number of anilines is 1. The number of carbonyl (C=O) groups is 2. The second-order valence-electron chi connectivity index (χ2n) is 6.04. The Labute approximate surface area is 182 Å². The highest BCUT2D eigenvalue weighted by atomic mass is 79.9. The molecule has 0 unspecified atom stereocenters. The van der Waals surface area contributed by atoms with E-state index in [2.05, 4.69) is 49.0 Å². The molecular formula is C21H22BrN3O5. The molecule has 0 aliphatic carbocycles. The van der Waals surface area contributed by atoms with Crippen LogP contribution in [0.25, 0.3) is 11.3 Å². The monoisotopic (exact) mass is 475 g/mol. The number of carboxylic acids is 2. The highest BCUT2D eigenvalue weighted by molar-refractivity contribution is 9.10. The average molecular weight is 476 g/mol. The van der Waals surface area contributed by atoms with Crippen molar-refractivity contribution in [3.05, 3.63) is 64.8 Å². The van der Waals surface area contributed by atoms with Crippen molar-refractivity contribution < 1.29 is 24.5 Å². The highest BCUT2D eigenvalue weighted by Crippen LogP contribution is 2.25. The van der Waals surface area contributed by atoms with Crippen molar-refractivity contribution >= 4 is 33.8 Å². The number of ether oxygens (including phenoxy) is 1. The summed E-state index contributed by atoms with van der Waals surface area (Å²) >= 11 is 3.47. The predicted octanol–water partition coefficient (Wildman–Crippen LogP) is 4.02. The number of carboxylic acid groups (broad SMARTS) is 2. The van der Waals surface area contributed by atoms with Crippen molar-refractivity contribution in [3.8, 4) is 17.0 Å². The van der Waals surface area contributed by atoms with Crippen molar-refractivity contribution in [2.24, 2.45) is 7.05 Å². The molecule has 0 radical (unpaired) electrons. The summed E-state index contributed by atoms with van der Waals surface area (Å²) in [6.07, 6.45) is 1.89. The number of hydrogen-bond donors (Lipinski definition) is 3. The molecule has 0 bridgehead atoms. The Morgan fingerprint density at radius 2 is 1.73 bits per heavy atom. The number of para-hydroxylation sites is 1. The third kappa shape index (κ3) is 6.35. The maximum absolute atomic E-state index is 9.10. The molecule has 3 N–H and O–H groups in total. The number of aliphatic carboxylic acids is 2. The van der Waals surface area contributed by atoms with Crippen LogP contribution in [0.15, 0.2) is 59.2 Å². The minimum atomic E-state index is -1.82. The van der Waals surface area contributed by atoms with Crippen LogP contribution < -0.4 is 10.1 Å². The maximum Gasteiger partial charge on any atom is 0.414 e. The van der Waals surface area contributed by atoms with Gasteiger partial charge in [0.2, 0.25) is 5.95 Å². The molecule has 0 saturated carbocycles. The lowest BCUT2D eigenvalue weighted by molar-refractivity contribution is -0.159. The zero-order valence-corrected chi connectivity index (χ0v) is 18.1. The minimum Gasteiger partial charge on any atom is -0.494 e. The fraction of sp³-hybridized carbons (Fsp3) is 0.190. The Morgan fingerprint density at radius 1 is 1.10 bits per heavy atom. The largest absolute Gasteiger partial charge is 0.494 e. The molecule has 0 fully saturated rings. The van der Waals surface area contributed by atoms with Gasteiger partial charge >= 0.3 is 11.9 Å². The lowest BCUT2D eigenvalue weighted by atomic mass is 10.2. The van der Waals surface area contributed by atoms with Gasteiger partial charge in [0.25, 0.3) is 0 Å². The topological polar surface area (TPSA) is 114 Å². The van der Waals surface area contributed by atoms with Crippen LogP contribution in [0.1, 0.15) is 12.5 Å². The van der Waals surface area contributed by atoms with E-state index in [9.17, 15) is 0 Å². The van der Waals surface area contributed by atoms with Crippen LogP contribution in [0.3, 0.4) is 0 Å². The van der Waals surface area contributed by atoms with Gasteiger partial charge in [-0.25, -0.2) is 14.6 Å². The molecule has 0 aliphatic rings. The Balaban J connectivity index is 0.000000469. The molecule has 3 rings (SSSR count). The zero-order chi connectivity index (χ0) is 22.1. The third-order valence-corrected chi connectivity index (χ3v) is 4.55. The van der Waals surface area contributed by atoms with Gasteiger partial charge in [0, 0.05) is 23.6 Å². The Morgan fingerprint density at radius 3 is 2.33 bits per heavy atom. The van der Waals surface area contributed by atoms with Gasteiger partial charge in [-0.3, -0.25) is 0 Å². The molecule has 30 heavy (non-hydrogen) atoms. The molecule has 1 heterocycles. The van der Waals surface area contributed by atoms with Crippen LogP contribution in [0.2, 0.25) is 0 Å². The van der Waals surface area contributed by atoms with Gasteiger partial charge in [0.05, 0.1) is 18.5 Å². The standard InChI is InChI=1S/C19H20BrN3O.C2H2O4/c1-3-24-18-7-5-4-6-15(18)12-21-19-22-13-17(23(19)2)14-8-10-16(20)11-9-14;3-1(4)2(5)6/h4-11,13H,3,12H2,1-2H3,(H,21,22);(H,3,4)(H,5,6). The number of imidazole rings is 1. The number of halogens is 1. The van der Waals surface area contributed by atoms with E-state index in [1.54, 1.807) is 0 Å². The average Bonchev–Trinajstić information content (AvgIpc) is 3.09.